The number of hydrogen-bond donors (Lipinski definition) is 2. The molecular formula is C54H46O17. The first-order valence-electron chi connectivity index (χ1n) is 22.3. The monoisotopic (exact) mass is 966 g/mol. The summed E-state index contributed by atoms with van der Waals surface area (Å²) in [5.74, 6) is -5.55. The number of carbonyl (C=O) groups is 6. The van der Waals surface area contributed by atoms with E-state index in [0.29, 0.717) is 0 Å². The van der Waals surface area contributed by atoms with Crippen molar-refractivity contribution >= 4 is 35.8 Å². The van der Waals surface area contributed by atoms with Crippen LogP contribution in [-0.4, -0.2) is 121 Å². The first-order valence-corrected chi connectivity index (χ1v) is 22.3. The summed E-state index contributed by atoms with van der Waals surface area (Å²) >= 11 is 0. The highest BCUT2D eigenvalue weighted by Gasteiger charge is 2.55. The van der Waals surface area contributed by atoms with Gasteiger partial charge in [0.1, 0.15) is 24.9 Å². The molecule has 0 radical (unpaired) electrons. The van der Waals surface area contributed by atoms with E-state index >= 15 is 0 Å². The molecule has 2 fully saturated rings. The molecule has 71 heavy (non-hydrogen) atoms. The van der Waals surface area contributed by atoms with E-state index in [1.807, 2.05) is 0 Å². The zero-order valence-corrected chi connectivity index (χ0v) is 37.5. The van der Waals surface area contributed by atoms with Gasteiger partial charge in [-0.1, -0.05) is 109 Å². The molecule has 0 amide bonds. The maximum atomic E-state index is 13.9. The Bertz CT molecular complexity index is 2730. The minimum Gasteiger partial charge on any atom is -0.459 e. The number of aliphatic hydroxyl groups excluding tert-OH is 2. The molecular weight excluding hydrogens is 921 g/mol. The van der Waals surface area contributed by atoms with Crippen molar-refractivity contribution in [1.82, 2.24) is 0 Å². The lowest BCUT2D eigenvalue weighted by Gasteiger charge is -2.45. The number of ether oxygens (including phenoxy) is 9. The predicted molar refractivity (Wildman–Crippen MR) is 246 cm³/mol. The Morgan fingerprint density at radius 2 is 0.676 bits per heavy atom. The van der Waals surface area contributed by atoms with Crippen LogP contribution in [0.1, 0.15) is 62.1 Å². The number of esters is 6. The molecule has 2 N–H and O–H groups in total. The van der Waals surface area contributed by atoms with Crippen LogP contribution in [0.25, 0.3) is 0 Å². The maximum absolute atomic E-state index is 13.9. The Hall–Kier alpha value is -8.06. The van der Waals surface area contributed by atoms with Crippen LogP contribution in [-0.2, 0) is 42.6 Å². The van der Waals surface area contributed by atoms with Crippen LogP contribution in [0.15, 0.2) is 182 Å². The maximum Gasteiger partial charge on any atom is 0.338 e. The summed E-state index contributed by atoms with van der Waals surface area (Å²) < 4.78 is 53.8. The summed E-state index contributed by atoms with van der Waals surface area (Å²) in [5.41, 5.74) is 0.461. The van der Waals surface area contributed by atoms with Crippen molar-refractivity contribution in [2.45, 2.75) is 61.4 Å². The van der Waals surface area contributed by atoms with E-state index in [4.69, 9.17) is 42.6 Å². The van der Waals surface area contributed by atoms with Crippen LogP contribution in [0, 0.1) is 0 Å². The highest BCUT2D eigenvalue weighted by molar-refractivity contribution is 5.92. The van der Waals surface area contributed by atoms with Gasteiger partial charge in [0.05, 0.1) is 40.0 Å². The van der Waals surface area contributed by atoms with Gasteiger partial charge < -0.3 is 52.8 Å². The quantitative estimate of drug-likeness (QED) is 0.0864. The third-order valence-corrected chi connectivity index (χ3v) is 11.3. The van der Waals surface area contributed by atoms with Crippen LogP contribution in [0.4, 0.5) is 0 Å². The topological polar surface area (TPSA) is 226 Å². The van der Waals surface area contributed by atoms with Gasteiger partial charge in [-0.25, -0.2) is 28.8 Å². The first kappa shape index (κ1) is 49.4. The summed E-state index contributed by atoms with van der Waals surface area (Å²) in [7, 11) is 0. The van der Waals surface area contributed by atoms with Gasteiger partial charge in [0.25, 0.3) is 0 Å². The Labute approximate surface area is 406 Å². The smallest absolute Gasteiger partial charge is 0.338 e. The lowest BCUT2D eigenvalue weighted by Crippen LogP contribution is -2.64. The highest BCUT2D eigenvalue weighted by Crippen LogP contribution is 2.33. The molecule has 0 saturated carbocycles. The Balaban J connectivity index is 1.15. The van der Waals surface area contributed by atoms with Crippen molar-refractivity contribution in [3.05, 3.63) is 215 Å². The Morgan fingerprint density at radius 1 is 0.352 bits per heavy atom. The minimum atomic E-state index is -2.08. The average Bonchev–Trinajstić information content (AvgIpc) is 3.42. The predicted octanol–water partition coefficient (Wildman–Crippen LogP) is 5.79. The molecule has 2 heterocycles. The van der Waals surface area contributed by atoms with Gasteiger partial charge in [0, 0.05) is 0 Å². The molecule has 6 aromatic rings. The number of hydrogen-bond acceptors (Lipinski definition) is 17. The third-order valence-electron chi connectivity index (χ3n) is 11.3. The molecule has 2 aliphatic rings. The minimum absolute atomic E-state index is 0.0508. The second-order valence-corrected chi connectivity index (χ2v) is 16.1. The molecule has 2 aliphatic heterocycles. The van der Waals surface area contributed by atoms with Crippen molar-refractivity contribution in [3.8, 4) is 0 Å². The van der Waals surface area contributed by atoms with Gasteiger partial charge in [0.2, 0.25) is 0 Å². The first-order chi connectivity index (χ1) is 34.5. The van der Waals surface area contributed by atoms with E-state index in [9.17, 15) is 39.0 Å². The fraction of sp³-hybridized carbons (Fsp3) is 0.222. The summed E-state index contributed by atoms with van der Waals surface area (Å²) in [6.07, 6.45) is -17.9. The van der Waals surface area contributed by atoms with E-state index in [1.165, 1.54) is 72.8 Å². The summed E-state index contributed by atoms with van der Waals surface area (Å²) in [6, 6.07) is 46.6. The number of benzene rings is 6. The van der Waals surface area contributed by atoms with Crippen LogP contribution in [0.2, 0.25) is 0 Å². The number of rotatable bonds is 16. The molecule has 8 rings (SSSR count). The van der Waals surface area contributed by atoms with Crippen LogP contribution >= 0.6 is 0 Å². The summed E-state index contributed by atoms with van der Waals surface area (Å²) in [5, 5.41) is 23.6. The van der Waals surface area contributed by atoms with E-state index in [1.54, 1.807) is 109 Å². The molecule has 0 aromatic heterocycles. The van der Waals surface area contributed by atoms with Gasteiger partial charge in [-0.05, 0) is 72.8 Å². The fourth-order valence-corrected chi connectivity index (χ4v) is 7.69. The second-order valence-electron chi connectivity index (χ2n) is 16.1. The van der Waals surface area contributed by atoms with Crippen molar-refractivity contribution in [3.63, 3.8) is 0 Å². The summed E-state index contributed by atoms with van der Waals surface area (Å²) in [6.45, 7) is -1.41. The molecule has 0 unspecified atom stereocenters. The Kier molecular flexibility index (Phi) is 16.3. The van der Waals surface area contributed by atoms with Gasteiger partial charge in [-0.15, -0.1) is 0 Å². The van der Waals surface area contributed by atoms with Gasteiger partial charge >= 0.3 is 35.8 Å². The fourth-order valence-electron chi connectivity index (χ4n) is 7.69. The standard InChI is InChI=1S/C54H46O17/c55-41-39(31-63-47(56)33-19-7-1-8-20-33)66-54(46(71-52(61)38-29-17-6-18-30-38)43(41)68-49(58)35-23-11-3-12-24-35)64-32-40-42(67-48(57)34-21-9-2-10-22-34)44(69-50(59)36-25-13-4-14-26-36)45(53(62)65-40)70-51(60)37-27-15-5-16-28-37/h1-30,39-46,53-55,62H,31-32H2/t39-,40-,41-,42-,43+,44+,45-,46-,53-,54-/m1/s1. The SMILES string of the molecule is O=C(OC[C@H]1O[C@@H](OC[C@H]2O[C@@H](O)[C@H](OC(=O)c3ccccc3)[C@@H](OC(=O)c3ccccc3)[C@@H]2OC(=O)c2ccccc2)[C@H](OC(=O)c2ccccc2)[C@@H](OC(=O)c2ccccc2)[C@@H]1O)c1ccccc1. The van der Waals surface area contributed by atoms with Crippen molar-refractivity contribution < 1.29 is 81.6 Å². The molecule has 17 heteroatoms. The largest absolute Gasteiger partial charge is 0.459 e. The van der Waals surface area contributed by atoms with Crippen molar-refractivity contribution in [2.24, 2.45) is 0 Å². The van der Waals surface area contributed by atoms with E-state index < -0.39 is 110 Å². The normalized spacial score (nSPS) is 23.7. The van der Waals surface area contributed by atoms with Crippen LogP contribution in [0.5, 0.6) is 0 Å². The van der Waals surface area contributed by atoms with E-state index in [0.717, 1.165) is 0 Å². The number of carbonyl (C=O) groups excluding carboxylic acids is 6. The van der Waals surface area contributed by atoms with Crippen molar-refractivity contribution in [2.75, 3.05) is 13.2 Å². The second kappa shape index (κ2) is 23.5. The Morgan fingerprint density at radius 3 is 1.07 bits per heavy atom. The van der Waals surface area contributed by atoms with Crippen molar-refractivity contribution in [1.29, 1.82) is 0 Å². The zero-order valence-electron chi connectivity index (χ0n) is 37.5. The molecule has 0 aliphatic carbocycles. The van der Waals surface area contributed by atoms with Gasteiger partial charge in [-0.3, -0.25) is 0 Å². The lowest BCUT2D eigenvalue weighted by atomic mass is 9.97. The molecule has 2 saturated heterocycles. The van der Waals surface area contributed by atoms with Crippen LogP contribution < -0.4 is 0 Å². The molecule has 364 valence electrons. The number of aliphatic hydroxyl groups is 2. The zero-order chi connectivity index (χ0) is 49.7. The lowest BCUT2D eigenvalue weighted by molar-refractivity contribution is -0.323. The van der Waals surface area contributed by atoms with Gasteiger partial charge in [-0.2, -0.15) is 0 Å². The molecule has 0 spiro atoms. The average molecular weight is 967 g/mol. The molecule has 17 nitrogen and oxygen atoms in total. The third kappa shape index (κ3) is 12.4. The van der Waals surface area contributed by atoms with Gasteiger partial charge in [0.15, 0.2) is 43.1 Å². The highest BCUT2D eigenvalue weighted by atomic mass is 16.7. The van der Waals surface area contributed by atoms with Crippen LogP contribution in [0.3, 0.4) is 0 Å². The van der Waals surface area contributed by atoms with E-state index in [2.05, 4.69) is 0 Å². The molecule has 6 aromatic carbocycles. The molecule has 0 bridgehead atoms. The molecule has 10 atom stereocenters. The van der Waals surface area contributed by atoms with E-state index in [-0.39, 0.29) is 33.4 Å². The summed E-state index contributed by atoms with van der Waals surface area (Å²) in [4.78, 5) is 82.1.